The number of nitrogens with one attached hydrogen (secondary N) is 1. The van der Waals surface area contributed by atoms with Crippen molar-refractivity contribution in [2.45, 2.75) is 38.8 Å². The smallest absolute Gasteiger partial charge is 0.211 e. The Labute approximate surface area is 79.7 Å². The molecule has 0 aromatic heterocycles. The lowest BCUT2D eigenvalue weighted by Crippen LogP contribution is -2.41. The van der Waals surface area contributed by atoms with Crippen LogP contribution in [0.1, 0.15) is 26.7 Å². The first-order valence-corrected chi connectivity index (χ1v) is 6.32. The molecule has 1 fully saturated rings. The Morgan fingerprint density at radius 1 is 1.62 bits per heavy atom. The molecule has 0 radical (unpaired) electrons. The van der Waals surface area contributed by atoms with Crippen LogP contribution in [0, 0.1) is 0 Å². The highest BCUT2D eigenvalue weighted by Gasteiger charge is 2.25. The van der Waals surface area contributed by atoms with Crippen molar-refractivity contribution in [2.24, 2.45) is 0 Å². The Kier molecular flexibility index (Phi) is 3.70. The molecular weight excluding hydrogens is 190 g/mol. The van der Waals surface area contributed by atoms with Gasteiger partial charge in [0, 0.05) is 12.6 Å². The SMILES string of the molecule is CCS(=O)(=O)NC(C)C1CCCO1. The van der Waals surface area contributed by atoms with Crippen LogP contribution in [0.3, 0.4) is 0 Å². The van der Waals surface area contributed by atoms with Gasteiger partial charge in [0.25, 0.3) is 0 Å². The monoisotopic (exact) mass is 207 g/mol. The van der Waals surface area contributed by atoms with E-state index in [9.17, 15) is 8.42 Å². The van der Waals surface area contributed by atoms with E-state index in [2.05, 4.69) is 4.72 Å². The van der Waals surface area contributed by atoms with Gasteiger partial charge in [-0.3, -0.25) is 0 Å². The molecule has 5 heteroatoms. The minimum absolute atomic E-state index is 0.0568. The molecule has 1 rings (SSSR count). The van der Waals surface area contributed by atoms with Crippen molar-refractivity contribution in [3.8, 4) is 0 Å². The Hall–Kier alpha value is -0.130. The largest absolute Gasteiger partial charge is 0.377 e. The van der Waals surface area contributed by atoms with E-state index in [0.717, 1.165) is 19.4 Å². The van der Waals surface area contributed by atoms with Crippen molar-refractivity contribution in [3.63, 3.8) is 0 Å². The average Bonchev–Trinajstić information content (AvgIpc) is 2.55. The molecule has 0 spiro atoms. The van der Waals surface area contributed by atoms with Crippen molar-refractivity contribution in [1.82, 2.24) is 4.72 Å². The van der Waals surface area contributed by atoms with Gasteiger partial charge in [-0.05, 0) is 26.7 Å². The number of sulfonamides is 1. The number of hydrogen-bond donors (Lipinski definition) is 1. The van der Waals surface area contributed by atoms with Gasteiger partial charge in [0.1, 0.15) is 0 Å². The molecule has 4 nitrogen and oxygen atoms in total. The molecule has 1 aliphatic rings. The fourth-order valence-electron chi connectivity index (χ4n) is 1.44. The van der Waals surface area contributed by atoms with Crippen molar-refractivity contribution < 1.29 is 13.2 Å². The molecule has 1 heterocycles. The van der Waals surface area contributed by atoms with Crippen LogP contribution >= 0.6 is 0 Å². The van der Waals surface area contributed by atoms with Crippen LogP contribution in [0.2, 0.25) is 0 Å². The minimum atomic E-state index is -3.09. The average molecular weight is 207 g/mol. The summed E-state index contributed by atoms with van der Waals surface area (Å²) in [4.78, 5) is 0. The number of ether oxygens (including phenoxy) is 1. The molecule has 0 saturated carbocycles. The molecule has 0 aromatic rings. The molecule has 78 valence electrons. The summed E-state index contributed by atoms with van der Waals surface area (Å²) < 4.78 is 30.4. The van der Waals surface area contributed by atoms with Crippen LogP contribution in [0.5, 0.6) is 0 Å². The van der Waals surface area contributed by atoms with E-state index in [0.29, 0.717) is 0 Å². The molecule has 1 saturated heterocycles. The standard InChI is InChI=1S/C8H17NO3S/c1-3-13(10,11)9-7(2)8-5-4-6-12-8/h7-9H,3-6H2,1-2H3. The third-order valence-corrected chi connectivity index (χ3v) is 3.76. The number of rotatable bonds is 4. The second-order valence-electron chi connectivity index (χ2n) is 3.36. The van der Waals surface area contributed by atoms with E-state index >= 15 is 0 Å². The molecule has 2 atom stereocenters. The van der Waals surface area contributed by atoms with Crippen LogP contribution in [0.15, 0.2) is 0 Å². The Balaban J connectivity index is 2.44. The van der Waals surface area contributed by atoms with Gasteiger partial charge >= 0.3 is 0 Å². The summed E-state index contributed by atoms with van der Waals surface area (Å²) in [5.74, 6) is 0.129. The van der Waals surface area contributed by atoms with Gasteiger partial charge in [-0.25, -0.2) is 13.1 Å². The van der Waals surface area contributed by atoms with Gasteiger partial charge in [-0.2, -0.15) is 0 Å². The molecule has 0 aromatic carbocycles. The predicted octanol–water partition coefficient (Wildman–Crippen LogP) is 0.493. The van der Waals surface area contributed by atoms with Crippen molar-refractivity contribution in [1.29, 1.82) is 0 Å². The quantitative estimate of drug-likeness (QED) is 0.730. The first-order valence-electron chi connectivity index (χ1n) is 4.67. The van der Waals surface area contributed by atoms with Gasteiger partial charge in [0.05, 0.1) is 11.9 Å². The summed E-state index contributed by atoms with van der Waals surface area (Å²) in [7, 11) is -3.09. The molecule has 13 heavy (non-hydrogen) atoms. The Morgan fingerprint density at radius 3 is 2.77 bits per heavy atom. The lowest BCUT2D eigenvalue weighted by Gasteiger charge is -2.19. The summed E-state index contributed by atoms with van der Waals surface area (Å²) >= 11 is 0. The van der Waals surface area contributed by atoms with Crippen LogP contribution in [-0.2, 0) is 14.8 Å². The molecular formula is C8H17NO3S. The highest BCUT2D eigenvalue weighted by atomic mass is 32.2. The second-order valence-corrected chi connectivity index (χ2v) is 5.40. The first kappa shape index (κ1) is 10.9. The third-order valence-electron chi connectivity index (χ3n) is 2.27. The fourth-order valence-corrected chi connectivity index (χ4v) is 2.32. The van der Waals surface area contributed by atoms with E-state index < -0.39 is 10.0 Å². The van der Waals surface area contributed by atoms with Gasteiger partial charge in [-0.15, -0.1) is 0 Å². The molecule has 1 N–H and O–H groups in total. The summed E-state index contributed by atoms with van der Waals surface area (Å²) in [6, 6.07) is -0.104. The molecule has 0 aliphatic carbocycles. The molecule has 0 amide bonds. The lowest BCUT2D eigenvalue weighted by molar-refractivity contribution is 0.0902. The van der Waals surface area contributed by atoms with Crippen LogP contribution in [0.4, 0.5) is 0 Å². The first-order chi connectivity index (χ1) is 6.05. The van der Waals surface area contributed by atoms with Crippen LogP contribution in [0.25, 0.3) is 0 Å². The van der Waals surface area contributed by atoms with E-state index in [4.69, 9.17) is 4.74 Å². The van der Waals surface area contributed by atoms with E-state index in [1.54, 1.807) is 6.92 Å². The highest BCUT2D eigenvalue weighted by molar-refractivity contribution is 7.89. The fraction of sp³-hybridized carbons (Fsp3) is 1.00. The Morgan fingerprint density at radius 2 is 2.31 bits per heavy atom. The summed E-state index contributed by atoms with van der Waals surface area (Å²) in [5.41, 5.74) is 0. The van der Waals surface area contributed by atoms with E-state index in [-0.39, 0.29) is 17.9 Å². The van der Waals surface area contributed by atoms with Crippen LogP contribution < -0.4 is 4.72 Å². The zero-order valence-corrected chi connectivity index (χ0v) is 8.93. The second kappa shape index (κ2) is 4.39. The van der Waals surface area contributed by atoms with E-state index in [1.807, 2.05) is 6.92 Å². The van der Waals surface area contributed by atoms with Gasteiger partial charge in [0.2, 0.25) is 10.0 Å². The van der Waals surface area contributed by atoms with Gasteiger partial charge in [-0.1, -0.05) is 0 Å². The maximum atomic E-state index is 11.2. The van der Waals surface area contributed by atoms with Gasteiger partial charge in [0.15, 0.2) is 0 Å². The van der Waals surface area contributed by atoms with Crippen LogP contribution in [-0.4, -0.2) is 32.9 Å². The highest BCUT2D eigenvalue weighted by Crippen LogP contribution is 2.15. The topological polar surface area (TPSA) is 55.4 Å². The summed E-state index contributed by atoms with van der Waals surface area (Å²) in [6.45, 7) is 4.23. The summed E-state index contributed by atoms with van der Waals surface area (Å²) in [5, 5.41) is 0. The predicted molar refractivity (Wildman–Crippen MR) is 51.0 cm³/mol. The van der Waals surface area contributed by atoms with Crippen molar-refractivity contribution in [3.05, 3.63) is 0 Å². The zero-order chi connectivity index (χ0) is 9.90. The number of hydrogen-bond acceptors (Lipinski definition) is 3. The maximum Gasteiger partial charge on any atom is 0.211 e. The van der Waals surface area contributed by atoms with Gasteiger partial charge < -0.3 is 4.74 Å². The van der Waals surface area contributed by atoms with E-state index in [1.165, 1.54) is 0 Å². The lowest BCUT2D eigenvalue weighted by atomic mass is 10.1. The molecule has 1 aliphatic heterocycles. The van der Waals surface area contributed by atoms with Crippen molar-refractivity contribution in [2.75, 3.05) is 12.4 Å². The zero-order valence-electron chi connectivity index (χ0n) is 8.12. The Bertz CT molecular complexity index is 244. The molecule has 2 unspecified atom stereocenters. The van der Waals surface area contributed by atoms with Crippen molar-refractivity contribution >= 4 is 10.0 Å². The minimum Gasteiger partial charge on any atom is -0.377 e. The maximum absolute atomic E-state index is 11.2. The molecule has 0 bridgehead atoms. The summed E-state index contributed by atoms with van der Waals surface area (Å²) in [6.07, 6.45) is 2.04. The third kappa shape index (κ3) is 3.25. The normalized spacial score (nSPS) is 26.2.